The van der Waals surface area contributed by atoms with Crippen LogP contribution in [-0.2, 0) is 21.3 Å². The second-order valence-corrected chi connectivity index (χ2v) is 9.53. The van der Waals surface area contributed by atoms with E-state index in [4.69, 9.17) is 4.74 Å². The lowest BCUT2D eigenvalue weighted by Crippen LogP contribution is -2.40. The summed E-state index contributed by atoms with van der Waals surface area (Å²) in [5.74, 6) is 0. The van der Waals surface area contributed by atoms with Crippen LogP contribution in [0.1, 0.15) is 18.4 Å². The molecule has 6 nitrogen and oxygen atoms in total. The molecule has 0 N–H and O–H groups in total. The lowest BCUT2D eigenvalue weighted by molar-refractivity contribution is 0.0730. The number of nitrogens with zero attached hydrogens (tertiary/aromatic N) is 3. The number of anilines is 2. The minimum Gasteiger partial charge on any atom is -0.379 e. The molecule has 2 aromatic carbocycles. The zero-order chi connectivity index (χ0) is 19.1. The second-order valence-electron chi connectivity index (χ2n) is 7.60. The van der Waals surface area contributed by atoms with Crippen molar-refractivity contribution >= 4 is 21.4 Å². The lowest BCUT2D eigenvalue weighted by Gasteiger charge is -2.28. The maximum Gasteiger partial charge on any atom is 0.243 e. The number of hydrogen-bond acceptors (Lipinski definition) is 5. The topological polar surface area (TPSA) is 53.1 Å². The van der Waals surface area contributed by atoms with Gasteiger partial charge >= 0.3 is 0 Å². The number of morpholine rings is 1. The van der Waals surface area contributed by atoms with Gasteiger partial charge in [0, 0.05) is 26.2 Å². The van der Waals surface area contributed by atoms with Gasteiger partial charge in [0.25, 0.3) is 0 Å². The smallest absolute Gasteiger partial charge is 0.243 e. The molecule has 0 unspecified atom stereocenters. The van der Waals surface area contributed by atoms with Crippen molar-refractivity contribution in [3.63, 3.8) is 0 Å². The molecular formula is C21H25N3O3S. The van der Waals surface area contributed by atoms with Crippen molar-refractivity contribution in [3.05, 3.63) is 54.1 Å². The Bertz CT molecular complexity index is 958. The Morgan fingerprint density at radius 3 is 2.54 bits per heavy atom. The van der Waals surface area contributed by atoms with E-state index in [9.17, 15) is 8.42 Å². The molecule has 28 heavy (non-hydrogen) atoms. The van der Waals surface area contributed by atoms with Gasteiger partial charge in [-0.2, -0.15) is 4.31 Å². The number of benzene rings is 2. The minimum absolute atomic E-state index is 0.316. The maximum absolute atomic E-state index is 13.1. The van der Waals surface area contributed by atoms with Crippen LogP contribution in [0, 0.1) is 0 Å². The lowest BCUT2D eigenvalue weighted by atomic mass is 10.2. The summed E-state index contributed by atoms with van der Waals surface area (Å²) in [5.41, 5.74) is 3.42. The van der Waals surface area contributed by atoms with Crippen molar-refractivity contribution in [2.24, 2.45) is 0 Å². The van der Waals surface area contributed by atoms with Crippen molar-refractivity contribution < 1.29 is 13.2 Å². The van der Waals surface area contributed by atoms with Crippen LogP contribution in [0.4, 0.5) is 11.4 Å². The summed E-state index contributed by atoms with van der Waals surface area (Å²) in [4.78, 5) is 5.17. The van der Waals surface area contributed by atoms with E-state index >= 15 is 0 Å². The predicted octanol–water partition coefficient (Wildman–Crippen LogP) is 2.65. The third-order valence-corrected chi connectivity index (χ3v) is 7.84. The molecular weight excluding hydrogens is 374 g/mol. The Balaban J connectivity index is 1.52. The van der Waals surface area contributed by atoms with Crippen LogP contribution in [0.3, 0.4) is 0 Å². The van der Waals surface area contributed by atoms with Crippen molar-refractivity contribution in [1.82, 2.24) is 4.31 Å². The van der Waals surface area contributed by atoms with Gasteiger partial charge in [-0.05, 0) is 36.6 Å². The fourth-order valence-corrected chi connectivity index (χ4v) is 5.99. The van der Waals surface area contributed by atoms with Crippen LogP contribution in [-0.4, -0.2) is 51.7 Å². The number of hydrogen-bond donors (Lipinski definition) is 0. The highest BCUT2D eigenvalue weighted by Crippen LogP contribution is 2.45. The van der Waals surface area contributed by atoms with Crippen LogP contribution in [0.2, 0.25) is 0 Å². The number of rotatable bonds is 4. The van der Waals surface area contributed by atoms with E-state index in [1.54, 1.807) is 6.07 Å². The highest BCUT2D eigenvalue weighted by atomic mass is 32.2. The molecule has 0 bridgehead atoms. The van der Waals surface area contributed by atoms with Gasteiger partial charge in [0.05, 0.1) is 29.5 Å². The minimum atomic E-state index is -3.50. The van der Waals surface area contributed by atoms with Crippen molar-refractivity contribution in [1.29, 1.82) is 0 Å². The SMILES string of the molecule is O=S(=O)(c1ccc2c(c1)N(Cc1ccccc1)[C@H]1CCCN21)N1CCOCC1. The van der Waals surface area contributed by atoms with Crippen LogP contribution in [0.25, 0.3) is 0 Å². The summed E-state index contributed by atoms with van der Waals surface area (Å²) in [5, 5.41) is 0. The Morgan fingerprint density at radius 1 is 0.964 bits per heavy atom. The van der Waals surface area contributed by atoms with E-state index in [0.717, 1.165) is 30.9 Å². The second kappa shape index (κ2) is 7.06. The highest BCUT2D eigenvalue weighted by molar-refractivity contribution is 7.89. The molecule has 2 fully saturated rings. The first-order valence-corrected chi connectivity index (χ1v) is 11.4. The molecule has 3 heterocycles. The van der Waals surface area contributed by atoms with E-state index in [0.29, 0.717) is 37.4 Å². The zero-order valence-corrected chi connectivity index (χ0v) is 16.6. The Morgan fingerprint density at radius 2 is 1.75 bits per heavy atom. The molecule has 0 aliphatic carbocycles. The summed E-state index contributed by atoms with van der Waals surface area (Å²) >= 11 is 0. The third-order valence-electron chi connectivity index (χ3n) is 5.95. The Hall–Kier alpha value is -2.09. The summed E-state index contributed by atoms with van der Waals surface area (Å²) < 4.78 is 33.1. The predicted molar refractivity (Wildman–Crippen MR) is 109 cm³/mol. The molecule has 1 atom stereocenters. The molecule has 5 rings (SSSR count). The van der Waals surface area contributed by atoms with Crippen LogP contribution < -0.4 is 9.80 Å². The fourth-order valence-electron chi connectivity index (χ4n) is 4.56. The van der Waals surface area contributed by atoms with E-state index in [1.165, 1.54) is 16.3 Å². The van der Waals surface area contributed by atoms with Crippen molar-refractivity contribution in [2.75, 3.05) is 42.6 Å². The van der Waals surface area contributed by atoms with Crippen molar-refractivity contribution in [2.45, 2.75) is 30.4 Å². The normalized spacial score (nSPS) is 22.4. The van der Waals surface area contributed by atoms with Gasteiger partial charge in [-0.1, -0.05) is 30.3 Å². The molecule has 0 spiro atoms. The molecule has 3 aliphatic heterocycles. The maximum atomic E-state index is 13.1. The third kappa shape index (κ3) is 2.98. The van der Waals surface area contributed by atoms with Crippen LogP contribution >= 0.6 is 0 Å². The summed E-state index contributed by atoms with van der Waals surface area (Å²) in [7, 11) is -3.50. The largest absolute Gasteiger partial charge is 0.379 e. The monoisotopic (exact) mass is 399 g/mol. The summed E-state index contributed by atoms with van der Waals surface area (Å²) in [6.45, 7) is 3.57. The molecule has 2 aromatic rings. The quantitative estimate of drug-likeness (QED) is 0.791. The van der Waals surface area contributed by atoms with Crippen LogP contribution in [0.15, 0.2) is 53.4 Å². The molecule has 0 aromatic heterocycles. The number of sulfonamides is 1. The molecule has 3 aliphatic rings. The van der Waals surface area contributed by atoms with Gasteiger partial charge in [0.1, 0.15) is 6.17 Å². The standard InChI is InChI=1S/C21H25N3O3S/c25-28(26,22-11-13-27-14-12-22)18-8-9-19-20(15-18)24(21-7-4-10-23(19)21)16-17-5-2-1-3-6-17/h1-3,5-6,8-9,15,21H,4,7,10-14,16H2/t21-/m0/s1. The zero-order valence-electron chi connectivity index (χ0n) is 15.8. The van der Waals surface area contributed by atoms with Gasteiger partial charge < -0.3 is 14.5 Å². The average Bonchev–Trinajstić information content (AvgIpc) is 3.32. The van der Waals surface area contributed by atoms with Gasteiger partial charge in [-0.25, -0.2) is 8.42 Å². The summed E-state index contributed by atoms with van der Waals surface area (Å²) in [6, 6.07) is 16.0. The fraction of sp³-hybridized carbons (Fsp3) is 0.429. The number of fused-ring (bicyclic) bond motifs is 3. The number of ether oxygens (including phenoxy) is 1. The Kier molecular flexibility index (Phi) is 4.53. The highest BCUT2D eigenvalue weighted by Gasteiger charge is 2.40. The molecule has 2 saturated heterocycles. The van der Waals surface area contributed by atoms with Gasteiger partial charge in [0.15, 0.2) is 0 Å². The first-order valence-electron chi connectivity index (χ1n) is 9.94. The average molecular weight is 400 g/mol. The molecule has 148 valence electrons. The van der Waals surface area contributed by atoms with Crippen LogP contribution in [0.5, 0.6) is 0 Å². The molecule has 0 amide bonds. The van der Waals surface area contributed by atoms with E-state index in [2.05, 4.69) is 34.1 Å². The Labute approximate surface area is 166 Å². The van der Waals surface area contributed by atoms with E-state index in [1.807, 2.05) is 18.2 Å². The first kappa shape index (κ1) is 18.0. The van der Waals surface area contributed by atoms with Gasteiger partial charge in [-0.15, -0.1) is 0 Å². The van der Waals surface area contributed by atoms with Gasteiger partial charge in [-0.3, -0.25) is 0 Å². The summed E-state index contributed by atoms with van der Waals surface area (Å²) in [6.07, 6.45) is 2.59. The molecule has 7 heteroatoms. The molecule has 0 saturated carbocycles. The molecule has 0 radical (unpaired) electrons. The first-order chi connectivity index (χ1) is 13.6. The van der Waals surface area contributed by atoms with Gasteiger partial charge in [0.2, 0.25) is 10.0 Å². The van der Waals surface area contributed by atoms with E-state index in [-0.39, 0.29) is 0 Å². The van der Waals surface area contributed by atoms with Crippen molar-refractivity contribution in [3.8, 4) is 0 Å². The van der Waals surface area contributed by atoms with E-state index < -0.39 is 10.0 Å².